The van der Waals surface area contributed by atoms with Gasteiger partial charge in [-0.25, -0.2) is 0 Å². The van der Waals surface area contributed by atoms with Crippen molar-refractivity contribution in [3.05, 3.63) is 0 Å². The van der Waals surface area contributed by atoms with Crippen LogP contribution < -0.4 is 0 Å². The Morgan fingerprint density at radius 2 is 0.769 bits per heavy atom. The van der Waals surface area contributed by atoms with Crippen LogP contribution >= 0.6 is 0 Å². The van der Waals surface area contributed by atoms with Crippen molar-refractivity contribution < 1.29 is 24.4 Å². The molecule has 2 N–H and O–H groups in total. The fourth-order valence-corrected chi connectivity index (χ4v) is 2.35. The van der Waals surface area contributed by atoms with Crippen molar-refractivity contribution in [2.45, 2.75) is 84.5 Å². The van der Waals surface area contributed by atoms with Crippen LogP contribution in [0.5, 0.6) is 0 Å². The Labute approximate surface area is 162 Å². The average molecular weight is 379 g/mol. The molecule has 0 radical (unpaired) electrons. The van der Waals surface area contributed by atoms with Crippen LogP contribution in [0, 0.1) is 0 Å². The SMILES string of the molecule is CCCCCCCCOCCCCCCC.OCCOCCOCCO. The number of ether oxygens (including phenoxy) is 3. The molecule has 0 atom stereocenters. The van der Waals surface area contributed by atoms with E-state index in [1.165, 1.54) is 70.6 Å². The zero-order valence-electron chi connectivity index (χ0n) is 17.6. The monoisotopic (exact) mass is 378 g/mol. The molecular weight excluding hydrogens is 332 g/mol. The molecule has 0 spiro atoms. The second-order valence-electron chi connectivity index (χ2n) is 6.47. The maximum absolute atomic E-state index is 8.26. The number of hydrogen-bond donors (Lipinski definition) is 2. The third-order valence-corrected chi connectivity index (χ3v) is 3.88. The third-order valence-electron chi connectivity index (χ3n) is 3.88. The molecule has 0 rings (SSSR count). The van der Waals surface area contributed by atoms with Crippen LogP contribution in [-0.2, 0) is 14.2 Å². The first-order chi connectivity index (χ1) is 12.8. The highest BCUT2D eigenvalue weighted by Crippen LogP contribution is 2.06. The van der Waals surface area contributed by atoms with Gasteiger partial charge in [0.25, 0.3) is 0 Å². The normalized spacial score (nSPS) is 10.6. The molecule has 0 saturated heterocycles. The quantitative estimate of drug-likeness (QED) is 0.309. The number of hydrogen-bond acceptors (Lipinski definition) is 5. The number of aliphatic hydroxyl groups is 2. The van der Waals surface area contributed by atoms with Gasteiger partial charge in [-0.1, -0.05) is 71.6 Å². The molecule has 0 amide bonds. The Morgan fingerprint density at radius 1 is 0.423 bits per heavy atom. The molecule has 160 valence electrons. The van der Waals surface area contributed by atoms with Gasteiger partial charge in [0.2, 0.25) is 0 Å². The van der Waals surface area contributed by atoms with Crippen LogP contribution in [-0.4, -0.2) is 63.1 Å². The van der Waals surface area contributed by atoms with E-state index in [0.717, 1.165) is 13.2 Å². The lowest BCUT2D eigenvalue weighted by atomic mass is 10.1. The third kappa shape index (κ3) is 31.6. The average Bonchev–Trinajstić information content (AvgIpc) is 2.66. The summed E-state index contributed by atoms with van der Waals surface area (Å²) < 4.78 is 15.4. The predicted molar refractivity (Wildman–Crippen MR) is 109 cm³/mol. The second kappa shape index (κ2) is 29.6. The summed E-state index contributed by atoms with van der Waals surface area (Å²) in [4.78, 5) is 0. The summed E-state index contributed by atoms with van der Waals surface area (Å²) in [6.45, 7) is 8.22. The Bertz CT molecular complexity index is 193. The first-order valence-corrected chi connectivity index (χ1v) is 10.8. The van der Waals surface area contributed by atoms with Gasteiger partial charge in [-0.3, -0.25) is 0 Å². The van der Waals surface area contributed by atoms with Gasteiger partial charge in [0.1, 0.15) is 0 Å². The zero-order valence-corrected chi connectivity index (χ0v) is 17.6. The molecular formula is C21H46O5. The van der Waals surface area contributed by atoms with E-state index < -0.39 is 0 Å². The molecule has 0 aliphatic heterocycles. The lowest BCUT2D eigenvalue weighted by Crippen LogP contribution is -2.09. The van der Waals surface area contributed by atoms with Crippen molar-refractivity contribution in [3.8, 4) is 0 Å². The van der Waals surface area contributed by atoms with E-state index in [2.05, 4.69) is 13.8 Å². The van der Waals surface area contributed by atoms with E-state index in [0.29, 0.717) is 26.4 Å². The Balaban J connectivity index is 0. The topological polar surface area (TPSA) is 68.2 Å². The van der Waals surface area contributed by atoms with Gasteiger partial charge in [-0.05, 0) is 12.8 Å². The maximum Gasteiger partial charge on any atom is 0.0701 e. The van der Waals surface area contributed by atoms with E-state index >= 15 is 0 Å². The number of aliphatic hydroxyl groups excluding tert-OH is 2. The van der Waals surface area contributed by atoms with Crippen LogP contribution in [0.3, 0.4) is 0 Å². The van der Waals surface area contributed by atoms with Crippen molar-refractivity contribution in [1.29, 1.82) is 0 Å². The zero-order chi connectivity index (χ0) is 19.6. The summed E-state index contributed by atoms with van der Waals surface area (Å²) in [6.07, 6.45) is 14.9. The first kappa shape index (κ1) is 28.0. The lowest BCUT2D eigenvalue weighted by Gasteiger charge is -2.04. The Morgan fingerprint density at radius 3 is 1.15 bits per heavy atom. The minimum Gasteiger partial charge on any atom is -0.394 e. The fraction of sp³-hybridized carbons (Fsp3) is 1.00. The second-order valence-corrected chi connectivity index (χ2v) is 6.47. The molecule has 5 heteroatoms. The molecule has 0 fully saturated rings. The molecule has 0 saturated carbocycles. The van der Waals surface area contributed by atoms with Gasteiger partial charge in [0.05, 0.1) is 39.6 Å². The van der Waals surface area contributed by atoms with E-state index in [1.54, 1.807) is 0 Å². The summed E-state index contributed by atoms with van der Waals surface area (Å²) in [7, 11) is 0. The van der Waals surface area contributed by atoms with E-state index in [9.17, 15) is 0 Å². The molecule has 0 aliphatic carbocycles. The molecule has 0 unspecified atom stereocenters. The van der Waals surface area contributed by atoms with Gasteiger partial charge in [0, 0.05) is 13.2 Å². The van der Waals surface area contributed by atoms with Crippen LogP contribution in [0.4, 0.5) is 0 Å². The highest BCUT2D eigenvalue weighted by molar-refractivity contribution is 4.45. The van der Waals surface area contributed by atoms with E-state index in [-0.39, 0.29) is 13.2 Å². The molecule has 26 heavy (non-hydrogen) atoms. The molecule has 0 aromatic rings. The highest BCUT2D eigenvalue weighted by atomic mass is 16.5. The smallest absolute Gasteiger partial charge is 0.0701 e. The molecule has 5 nitrogen and oxygen atoms in total. The summed E-state index contributed by atoms with van der Waals surface area (Å²) >= 11 is 0. The summed E-state index contributed by atoms with van der Waals surface area (Å²) in [6, 6.07) is 0. The van der Waals surface area contributed by atoms with Crippen LogP contribution in [0.1, 0.15) is 84.5 Å². The van der Waals surface area contributed by atoms with Crippen LogP contribution in [0.25, 0.3) is 0 Å². The molecule has 0 heterocycles. The fourth-order valence-electron chi connectivity index (χ4n) is 2.35. The van der Waals surface area contributed by atoms with Crippen molar-refractivity contribution in [2.75, 3.05) is 52.9 Å². The highest BCUT2D eigenvalue weighted by Gasteiger charge is 1.92. The molecule has 0 aliphatic rings. The summed E-state index contributed by atoms with van der Waals surface area (Å²) in [5, 5.41) is 16.5. The van der Waals surface area contributed by atoms with Crippen molar-refractivity contribution in [2.24, 2.45) is 0 Å². The van der Waals surface area contributed by atoms with E-state index in [1.807, 2.05) is 0 Å². The van der Waals surface area contributed by atoms with Gasteiger partial charge in [0.15, 0.2) is 0 Å². The van der Waals surface area contributed by atoms with Crippen molar-refractivity contribution in [1.82, 2.24) is 0 Å². The lowest BCUT2D eigenvalue weighted by molar-refractivity contribution is 0.0222. The molecule has 0 bridgehead atoms. The minimum absolute atomic E-state index is 0.0417. The van der Waals surface area contributed by atoms with E-state index in [4.69, 9.17) is 24.4 Å². The Hall–Kier alpha value is -0.200. The molecule has 0 aromatic heterocycles. The summed E-state index contributed by atoms with van der Waals surface area (Å²) in [5.74, 6) is 0. The maximum atomic E-state index is 8.26. The van der Waals surface area contributed by atoms with Crippen molar-refractivity contribution in [3.63, 3.8) is 0 Å². The molecule has 0 aromatic carbocycles. The van der Waals surface area contributed by atoms with Gasteiger partial charge >= 0.3 is 0 Å². The first-order valence-electron chi connectivity index (χ1n) is 10.8. The van der Waals surface area contributed by atoms with Gasteiger partial charge < -0.3 is 24.4 Å². The predicted octanol–water partition coefficient (Wildman–Crippen LogP) is 4.34. The Kier molecular flexibility index (Phi) is 31.8. The van der Waals surface area contributed by atoms with Gasteiger partial charge in [-0.15, -0.1) is 0 Å². The number of rotatable bonds is 20. The van der Waals surface area contributed by atoms with Crippen LogP contribution in [0.2, 0.25) is 0 Å². The number of unbranched alkanes of at least 4 members (excludes halogenated alkanes) is 9. The minimum atomic E-state index is 0.0417. The largest absolute Gasteiger partial charge is 0.394 e. The van der Waals surface area contributed by atoms with Crippen molar-refractivity contribution >= 4 is 0 Å². The van der Waals surface area contributed by atoms with Gasteiger partial charge in [-0.2, -0.15) is 0 Å². The van der Waals surface area contributed by atoms with Crippen LogP contribution in [0.15, 0.2) is 0 Å². The standard InChI is InChI=1S/C15H32O.C6H14O4/c1-3-5-7-9-11-13-15-16-14-12-10-8-6-4-2;7-1-3-9-5-6-10-4-2-8/h3-15H2,1-2H3;7-8H,1-6H2. The summed E-state index contributed by atoms with van der Waals surface area (Å²) in [5.41, 5.74) is 0.